The molecule has 0 radical (unpaired) electrons. The summed E-state index contributed by atoms with van der Waals surface area (Å²) in [4.78, 5) is 11.2. The molecule has 0 bridgehead atoms. The highest BCUT2D eigenvalue weighted by Gasteiger charge is 2.17. The van der Waals surface area contributed by atoms with Crippen LogP contribution >= 0.6 is 23.2 Å². The Morgan fingerprint density at radius 1 is 0.676 bits per heavy atom. The van der Waals surface area contributed by atoms with Crippen LogP contribution in [0, 0.1) is 10.1 Å². The number of nitro benzene ring substituents is 1. The Kier molecular flexibility index (Phi) is 7.68. The maximum absolute atomic E-state index is 11.6. The van der Waals surface area contributed by atoms with E-state index in [9.17, 15) is 10.1 Å². The van der Waals surface area contributed by atoms with Crippen LogP contribution in [0.1, 0.15) is 16.7 Å². The van der Waals surface area contributed by atoms with Crippen molar-refractivity contribution in [3.8, 4) is 17.2 Å². The molecule has 7 heteroatoms. The van der Waals surface area contributed by atoms with Gasteiger partial charge in [-0.05, 0) is 84.1 Å². The maximum Gasteiger partial charge on any atom is 0.311 e. The van der Waals surface area contributed by atoms with Crippen LogP contribution in [0.2, 0.25) is 10.0 Å². The summed E-state index contributed by atoms with van der Waals surface area (Å²) >= 11 is 11.8. The van der Waals surface area contributed by atoms with Crippen molar-refractivity contribution in [2.45, 2.75) is 19.4 Å². The highest BCUT2D eigenvalue weighted by molar-refractivity contribution is 6.30. The van der Waals surface area contributed by atoms with Crippen molar-refractivity contribution < 1.29 is 14.4 Å². The molecule has 4 aromatic carbocycles. The predicted molar refractivity (Wildman–Crippen MR) is 134 cm³/mol. The largest absolute Gasteiger partial charge is 0.489 e. The average Bonchev–Trinajstić information content (AvgIpc) is 2.85. The monoisotopic (exact) mass is 493 g/mol. The second-order valence-electron chi connectivity index (χ2n) is 7.67. The lowest BCUT2D eigenvalue weighted by Crippen LogP contribution is -1.98. The molecule has 0 N–H and O–H groups in total. The molecule has 0 aromatic heterocycles. The number of rotatable bonds is 9. The molecule has 0 fully saturated rings. The van der Waals surface area contributed by atoms with E-state index in [0.717, 1.165) is 28.9 Å². The Hall–Kier alpha value is -3.54. The fourth-order valence-electron chi connectivity index (χ4n) is 3.37. The topological polar surface area (TPSA) is 61.6 Å². The summed E-state index contributed by atoms with van der Waals surface area (Å²) in [6.07, 6.45) is 1.40. The van der Waals surface area contributed by atoms with Crippen LogP contribution < -0.4 is 9.47 Å². The average molecular weight is 494 g/mol. The van der Waals surface area contributed by atoms with Crippen LogP contribution in [-0.2, 0) is 19.4 Å². The van der Waals surface area contributed by atoms with Crippen LogP contribution in [0.3, 0.4) is 0 Å². The van der Waals surface area contributed by atoms with E-state index in [1.807, 2.05) is 54.6 Å². The van der Waals surface area contributed by atoms with Gasteiger partial charge >= 0.3 is 5.69 Å². The molecular formula is C27H21Cl2NO4. The summed E-state index contributed by atoms with van der Waals surface area (Å²) in [5.41, 5.74) is 2.94. The van der Waals surface area contributed by atoms with Crippen molar-refractivity contribution in [3.05, 3.63) is 128 Å². The standard InChI is InChI=1S/C27H21Cl2NO4/c28-22-8-3-21(4-9-22)18-33-24-12-5-19(6-13-24)1-2-20-7-16-27(26(17-20)30(31)32)34-25-14-10-23(29)11-15-25/h3-17H,1-2,18H2. The lowest BCUT2D eigenvalue weighted by atomic mass is 10.0. The Balaban J connectivity index is 1.36. The zero-order chi connectivity index (χ0) is 23.9. The van der Waals surface area contributed by atoms with E-state index in [0.29, 0.717) is 28.8 Å². The number of nitro groups is 1. The van der Waals surface area contributed by atoms with Gasteiger partial charge in [0.15, 0.2) is 0 Å². The van der Waals surface area contributed by atoms with E-state index >= 15 is 0 Å². The van der Waals surface area contributed by atoms with Gasteiger partial charge in [-0.15, -0.1) is 0 Å². The summed E-state index contributed by atoms with van der Waals surface area (Å²) in [7, 11) is 0. The number of nitrogens with zero attached hydrogens (tertiary/aromatic N) is 1. The van der Waals surface area contributed by atoms with E-state index in [-0.39, 0.29) is 11.4 Å². The van der Waals surface area contributed by atoms with Gasteiger partial charge < -0.3 is 9.47 Å². The molecule has 0 atom stereocenters. The van der Waals surface area contributed by atoms with E-state index in [1.54, 1.807) is 36.4 Å². The molecule has 0 aliphatic carbocycles. The Labute approximate surface area is 207 Å². The van der Waals surface area contributed by atoms with Crippen LogP contribution in [0.4, 0.5) is 5.69 Å². The van der Waals surface area contributed by atoms with Gasteiger partial charge in [-0.3, -0.25) is 10.1 Å². The highest BCUT2D eigenvalue weighted by atomic mass is 35.5. The minimum atomic E-state index is -0.429. The minimum Gasteiger partial charge on any atom is -0.489 e. The summed E-state index contributed by atoms with van der Waals surface area (Å²) in [6.45, 7) is 0.463. The Bertz CT molecular complexity index is 1260. The van der Waals surface area contributed by atoms with E-state index in [2.05, 4.69) is 0 Å². The van der Waals surface area contributed by atoms with Gasteiger partial charge in [0.1, 0.15) is 18.1 Å². The van der Waals surface area contributed by atoms with Crippen molar-refractivity contribution in [1.82, 2.24) is 0 Å². The summed E-state index contributed by atoms with van der Waals surface area (Å²) < 4.78 is 11.5. The molecule has 5 nitrogen and oxygen atoms in total. The van der Waals surface area contributed by atoms with Gasteiger partial charge in [-0.25, -0.2) is 0 Å². The lowest BCUT2D eigenvalue weighted by Gasteiger charge is -2.09. The van der Waals surface area contributed by atoms with E-state index < -0.39 is 4.92 Å². The first kappa shape index (κ1) is 23.6. The number of hydrogen-bond donors (Lipinski definition) is 0. The first-order chi connectivity index (χ1) is 16.5. The quantitative estimate of drug-likeness (QED) is 0.174. The van der Waals surface area contributed by atoms with Crippen LogP contribution in [0.25, 0.3) is 0 Å². The summed E-state index contributed by atoms with van der Waals surface area (Å²) in [5.74, 6) is 1.45. The van der Waals surface area contributed by atoms with Crippen LogP contribution in [0.15, 0.2) is 91.0 Å². The highest BCUT2D eigenvalue weighted by Crippen LogP contribution is 2.33. The van der Waals surface area contributed by atoms with Crippen LogP contribution in [-0.4, -0.2) is 4.92 Å². The van der Waals surface area contributed by atoms with Gasteiger partial charge in [-0.2, -0.15) is 0 Å². The van der Waals surface area contributed by atoms with Gasteiger partial charge in [0, 0.05) is 16.1 Å². The first-order valence-corrected chi connectivity index (χ1v) is 11.4. The molecule has 0 spiro atoms. The third-order valence-electron chi connectivity index (χ3n) is 5.21. The SMILES string of the molecule is O=[N+]([O-])c1cc(CCc2ccc(OCc3ccc(Cl)cc3)cc2)ccc1Oc1ccc(Cl)cc1. The number of ether oxygens (including phenoxy) is 2. The fourth-order valence-corrected chi connectivity index (χ4v) is 3.62. The normalized spacial score (nSPS) is 10.6. The number of benzene rings is 4. The van der Waals surface area contributed by atoms with Crippen molar-refractivity contribution in [1.29, 1.82) is 0 Å². The molecule has 0 saturated heterocycles. The second-order valence-corrected chi connectivity index (χ2v) is 8.55. The predicted octanol–water partition coefficient (Wildman–Crippen LogP) is 8.06. The number of hydrogen-bond acceptors (Lipinski definition) is 4. The summed E-state index contributed by atoms with van der Waals surface area (Å²) in [6, 6.07) is 27.1. The zero-order valence-electron chi connectivity index (χ0n) is 18.1. The molecule has 4 aromatic rings. The molecule has 172 valence electrons. The Morgan fingerprint density at radius 3 is 1.85 bits per heavy atom. The van der Waals surface area contributed by atoms with Gasteiger partial charge in [0.05, 0.1) is 4.92 Å². The van der Waals surface area contributed by atoms with E-state index in [1.165, 1.54) is 0 Å². The molecule has 0 aliphatic heterocycles. The molecule has 0 saturated carbocycles. The van der Waals surface area contributed by atoms with Crippen molar-refractivity contribution >= 4 is 28.9 Å². The fraction of sp³-hybridized carbons (Fsp3) is 0.111. The van der Waals surface area contributed by atoms with Gasteiger partial charge in [0.2, 0.25) is 5.75 Å². The van der Waals surface area contributed by atoms with Gasteiger partial charge in [-0.1, -0.05) is 53.5 Å². The second kappa shape index (κ2) is 11.1. The summed E-state index contributed by atoms with van der Waals surface area (Å²) in [5, 5.41) is 12.9. The van der Waals surface area contributed by atoms with Crippen LogP contribution in [0.5, 0.6) is 17.2 Å². The smallest absolute Gasteiger partial charge is 0.311 e. The third kappa shape index (κ3) is 6.50. The molecule has 0 unspecified atom stereocenters. The Morgan fingerprint density at radius 2 is 1.21 bits per heavy atom. The first-order valence-electron chi connectivity index (χ1n) is 10.6. The maximum atomic E-state index is 11.6. The molecular weight excluding hydrogens is 473 g/mol. The van der Waals surface area contributed by atoms with Gasteiger partial charge in [0.25, 0.3) is 0 Å². The number of aryl methyl sites for hydroxylation is 2. The van der Waals surface area contributed by atoms with Crippen molar-refractivity contribution in [2.75, 3.05) is 0 Å². The molecule has 0 amide bonds. The molecule has 34 heavy (non-hydrogen) atoms. The number of halogens is 2. The van der Waals surface area contributed by atoms with Crippen molar-refractivity contribution in [3.63, 3.8) is 0 Å². The van der Waals surface area contributed by atoms with E-state index in [4.69, 9.17) is 32.7 Å². The minimum absolute atomic E-state index is 0.0709. The lowest BCUT2D eigenvalue weighted by molar-refractivity contribution is -0.385. The molecule has 0 heterocycles. The molecule has 0 aliphatic rings. The third-order valence-corrected chi connectivity index (χ3v) is 5.71. The molecule has 4 rings (SSSR count). The zero-order valence-corrected chi connectivity index (χ0v) is 19.6. The van der Waals surface area contributed by atoms with Crippen molar-refractivity contribution in [2.24, 2.45) is 0 Å².